The first-order chi connectivity index (χ1) is 17.1. The highest BCUT2D eigenvalue weighted by Crippen LogP contribution is 2.25. The highest BCUT2D eigenvalue weighted by atomic mass is 32.2. The maximum atomic E-state index is 13.4. The van der Waals surface area contributed by atoms with Crippen LogP contribution in [0.3, 0.4) is 0 Å². The van der Waals surface area contributed by atoms with E-state index in [9.17, 15) is 18.6 Å². The van der Waals surface area contributed by atoms with Gasteiger partial charge >= 0.3 is 0 Å². The molecule has 2 aromatic carbocycles. The third-order valence-electron chi connectivity index (χ3n) is 6.51. The SMILES string of the molecule is Cc1ccc(NC(=O)CS(=O)CC(=O)N(c2ccc(C)cc2C)C(C)C(=O)NC2CCCCC2)cc1. The van der Waals surface area contributed by atoms with Gasteiger partial charge in [-0.15, -0.1) is 0 Å². The molecule has 194 valence electrons. The molecule has 1 saturated carbocycles. The van der Waals surface area contributed by atoms with E-state index in [1.54, 1.807) is 19.1 Å². The first kappa shape index (κ1) is 27.6. The van der Waals surface area contributed by atoms with E-state index in [1.165, 1.54) is 11.3 Å². The molecule has 0 spiro atoms. The van der Waals surface area contributed by atoms with E-state index in [1.807, 2.05) is 51.1 Å². The van der Waals surface area contributed by atoms with Gasteiger partial charge in [0, 0.05) is 28.2 Å². The normalized spacial score (nSPS) is 15.6. The van der Waals surface area contributed by atoms with Gasteiger partial charge in [0.1, 0.15) is 17.5 Å². The molecule has 36 heavy (non-hydrogen) atoms. The second-order valence-electron chi connectivity index (χ2n) is 9.72. The highest BCUT2D eigenvalue weighted by Gasteiger charge is 2.31. The summed E-state index contributed by atoms with van der Waals surface area (Å²) in [5.74, 6) is -1.75. The van der Waals surface area contributed by atoms with E-state index >= 15 is 0 Å². The zero-order chi connectivity index (χ0) is 26.2. The summed E-state index contributed by atoms with van der Waals surface area (Å²) < 4.78 is 12.8. The number of hydrogen-bond donors (Lipinski definition) is 2. The van der Waals surface area contributed by atoms with Crippen molar-refractivity contribution in [2.24, 2.45) is 0 Å². The lowest BCUT2D eigenvalue weighted by atomic mass is 9.95. The minimum atomic E-state index is -1.73. The number of amides is 3. The van der Waals surface area contributed by atoms with Crippen LogP contribution in [0.5, 0.6) is 0 Å². The third kappa shape index (κ3) is 7.75. The third-order valence-corrected chi connectivity index (χ3v) is 7.66. The minimum Gasteiger partial charge on any atom is -0.352 e. The number of anilines is 2. The van der Waals surface area contributed by atoms with Gasteiger partial charge in [-0.25, -0.2) is 0 Å². The van der Waals surface area contributed by atoms with E-state index in [0.717, 1.165) is 42.4 Å². The van der Waals surface area contributed by atoms with Crippen LogP contribution in [-0.2, 0) is 25.2 Å². The quantitative estimate of drug-likeness (QED) is 0.528. The van der Waals surface area contributed by atoms with E-state index in [2.05, 4.69) is 10.6 Å². The molecule has 0 radical (unpaired) electrons. The van der Waals surface area contributed by atoms with Gasteiger partial charge in [-0.2, -0.15) is 0 Å². The Hall–Kier alpha value is -3.00. The Morgan fingerprint density at radius 2 is 1.58 bits per heavy atom. The largest absolute Gasteiger partial charge is 0.352 e. The Balaban J connectivity index is 1.71. The molecule has 1 aliphatic rings. The number of benzene rings is 2. The van der Waals surface area contributed by atoms with Crippen LogP contribution >= 0.6 is 0 Å². The Morgan fingerprint density at radius 1 is 0.944 bits per heavy atom. The van der Waals surface area contributed by atoms with Gasteiger partial charge in [0.05, 0.1) is 0 Å². The number of aryl methyl sites for hydroxylation is 3. The first-order valence-corrected chi connectivity index (χ1v) is 14.0. The fourth-order valence-corrected chi connectivity index (χ4v) is 5.44. The van der Waals surface area contributed by atoms with Crippen molar-refractivity contribution in [1.82, 2.24) is 5.32 Å². The highest BCUT2D eigenvalue weighted by molar-refractivity contribution is 7.86. The molecule has 7 nitrogen and oxygen atoms in total. The maximum absolute atomic E-state index is 13.4. The Morgan fingerprint density at radius 3 is 2.22 bits per heavy atom. The molecule has 3 rings (SSSR count). The summed E-state index contributed by atoms with van der Waals surface area (Å²) in [6.07, 6.45) is 5.23. The molecule has 3 amide bonds. The van der Waals surface area contributed by atoms with E-state index in [-0.39, 0.29) is 23.5 Å². The van der Waals surface area contributed by atoms with E-state index < -0.39 is 28.7 Å². The molecule has 0 saturated heterocycles. The minimum absolute atomic E-state index is 0.115. The molecule has 1 fully saturated rings. The molecule has 2 N–H and O–H groups in total. The van der Waals surface area contributed by atoms with Crippen molar-refractivity contribution in [3.63, 3.8) is 0 Å². The summed E-state index contributed by atoms with van der Waals surface area (Å²) in [5, 5.41) is 5.81. The molecule has 0 aliphatic heterocycles. The van der Waals surface area contributed by atoms with Crippen LogP contribution in [0.2, 0.25) is 0 Å². The lowest BCUT2D eigenvalue weighted by Gasteiger charge is -2.32. The molecular formula is C28H37N3O4S. The van der Waals surface area contributed by atoms with Crippen molar-refractivity contribution in [2.45, 2.75) is 71.9 Å². The average molecular weight is 512 g/mol. The second-order valence-corrected chi connectivity index (χ2v) is 11.2. The van der Waals surface area contributed by atoms with Gasteiger partial charge in [0.15, 0.2) is 0 Å². The first-order valence-electron chi connectivity index (χ1n) is 12.5. The maximum Gasteiger partial charge on any atom is 0.243 e. The van der Waals surface area contributed by atoms with Crippen molar-refractivity contribution in [3.8, 4) is 0 Å². The van der Waals surface area contributed by atoms with Gasteiger partial charge in [-0.3, -0.25) is 23.5 Å². The van der Waals surface area contributed by atoms with Gasteiger partial charge in [-0.1, -0.05) is 54.7 Å². The summed E-state index contributed by atoms with van der Waals surface area (Å²) in [6.45, 7) is 7.50. The Labute approximate surface area is 216 Å². The zero-order valence-electron chi connectivity index (χ0n) is 21.6. The van der Waals surface area contributed by atoms with Crippen LogP contribution < -0.4 is 15.5 Å². The van der Waals surface area contributed by atoms with Crippen molar-refractivity contribution < 1.29 is 18.6 Å². The van der Waals surface area contributed by atoms with Gasteiger partial charge in [0.2, 0.25) is 17.7 Å². The zero-order valence-corrected chi connectivity index (χ0v) is 22.5. The van der Waals surface area contributed by atoms with Crippen molar-refractivity contribution in [3.05, 3.63) is 59.2 Å². The molecular weight excluding hydrogens is 474 g/mol. The van der Waals surface area contributed by atoms with E-state index in [0.29, 0.717) is 11.4 Å². The number of carbonyl (C=O) groups excluding carboxylic acids is 3. The molecule has 8 heteroatoms. The lowest BCUT2D eigenvalue weighted by Crippen LogP contribution is -2.52. The molecule has 1 aliphatic carbocycles. The average Bonchev–Trinajstić information content (AvgIpc) is 2.82. The summed E-state index contributed by atoms with van der Waals surface area (Å²) >= 11 is 0. The standard InChI is InChI=1S/C28H37N3O4S/c1-19-10-13-24(14-11-19)29-26(32)17-36(35)18-27(33)31(25-15-12-20(2)16-21(25)3)22(4)28(34)30-23-8-6-5-7-9-23/h10-16,22-23H,5-9,17-18H2,1-4H3,(H,29,32)(H,30,34). The Kier molecular flexibility index (Phi) is 9.81. The summed E-state index contributed by atoms with van der Waals surface area (Å²) in [5.41, 5.74) is 4.18. The molecule has 2 atom stereocenters. The predicted molar refractivity (Wildman–Crippen MR) is 146 cm³/mol. The fourth-order valence-electron chi connectivity index (χ4n) is 4.56. The molecule has 0 bridgehead atoms. The Bertz CT molecular complexity index is 1110. The smallest absolute Gasteiger partial charge is 0.243 e. The summed E-state index contributed by atoms with van der Waals surface area (Å²) in [4.78, 5) is 40.4. The van der Waals surface area contributed by atoms with E-state index in [4.69, 9.17) is 0 Å². The second kappa shape index (κ2) is 12.8. The summed E-state index contributed by atoms with van der Waals surface area (Å²) in [7, 11) is -1.73. The number of nitrogens with zero attached hydrogens (tertiary/aromatic N) is 1. The van der Waals surface area contributed by atoms with Gasteiger partial charge in [0.25, 0.3) is 0 Å². The monoisotopic (exact) mass is 511 g/mol. The molecule has 0 aromatic heterocycles. The van der Waals surface area contributed by atoms with Crippen LogP contribution in [0, 0.1) is 20.8 Å². The number of hydrogen-bond acceptors (Lipinski definition) is 4. The topological polar surface area (TPSA) is 95.6 Å². The molecule has 2 unspecified atom stereocenters. The molecule has 2 aromatic rings. The number of nitrogens with one attached hydrogen (secondary N) is 2. The predicted octanol–water partition coefficient (Wildman–Crippen LogP) is 4.17. The van der Waals surface area contributed by atoms with Crippen molar-refractivity contribution >= 4 is 39.9 Å². The van der Waals surface area contributed by atoms with Crippen LogP contribution in [0.4, 0.5) is 11.4 Å². The van der Waals surface area contributed by atoms with Crippen molar-refractivity contribution in [1.29, 1.82) is 0 Å². The fraction of sp³-hybridized carbons (Fsp3) is 0.464. The van der Waals surface area contributed by atoms with Crippen LogP contribution in [-0.4, -0.2) is 45.5 Å². The summed E-state index contributed by atoms with van der Waals surface area (Å²) in [6, 6.07) is 12.3. The molecule has 0 heterocycles. The number of rotatable bonds is 9. The van der Waals surface area contributed by atoms with Crippen molar-refractivity contribution in [2.75, 3.05) is 21.7 Å². The van der Waals surface area contributed by atoms with Gasteiger partial charge in [-0.05, 0) is 64.3 Å². The van der Waals surface area contributed by atoms with Crippen LogP contribution in [0.25, 0.3) is 0 Å². The van der Waals surface area contributed by atoms with Crippen LogP contribution in [0.15, 0.2) is 42.5 Å². The van der Waals surface area contributed by atoms with Crippen LogP contribution in [0.1, 0.15) is 55.7 Å². The lowest BCUT2D eigenvalue weighted by molar-refractivity contribution is -0.126. The number of carbonyl (C=O) groups is 3. The van der Waals surface area contributed by atoms with Gasteiger partial charge < -0.3 is 10.6 Å².